The van der Waals surface area contributed by atoms with Gasteiger partial charge in [-0.3, -0.25) is 4.79 Å². The molecule has 4 nitrogen and oxygen atoms in total. The molecule has 0 aliphatic carbocycles. The van der Waals surface area contributed by atoms with E-state index >= 15 is 0 Å². The van der Waals surface area contributed by atoms with Gasteiger partial charge in [0.25, 0.3) is 5.91 Å². The molecule has 1 aromatic carbocycles. The van der Waals surface area contributed by atoms with E-state index in [4.69, 9.17) is 22.7 Å². The number of unbranched alkanes of at least 4 members (excludes halogenated alkanes) is 1. The summed E-state index contributed by atoms with van der Waals surface area (Å²) >= 11 is 8.29. The molecule has 104 valence electrons. The Kier molecular flexibility index (Phi) is 6.80. The summed E-state index contributed by atoms with van der Waals surface area (Å²) in [5.41, 5.74) is 6.23. The number of amides is 1. The Bertz CT molecular complexity index is 466. The lowest BCUT2D eigenvalue weighted by Gasteiger charge is -2.11. The van der Waals surface area contributed by atoms with Crippen LogP contribution in [0.4, 0.5) is 0 Å². The quantitative estimate of drug-likeness (QED) is 0.588. The number of nitrogens with two attached hydrogens (primary N) is 1. The molecule has 0 radical (unpaired) electrons. The first-order valence-electron chi connectivity index (χ1n) is 6.03. The van der Waals surface area contributed by atoms with Crippen molar-refractivity contribution in [3.8, 4) is 5.75 Å². The lowest BCUT2D eigenvalue weighted by atomic mass is 10.2. The number of carbonyl (C=O) groups is 1. The van der Waals surface area contributed by atoms with Crippen molar-refractivity contribution in [2.75, 3.05) is 13.2 Å². The van der Waals surface area contributed by atoms with E-state index in [1.54, 1.807) is 12.1 Å². The summed E-state index contributed by atoms with van der Waals surface area (Å²) in [6.45, 7) is 2.70. The van der Waals surface area contributed by atoms with Gasteiger partial charge < -0.3 is 15.8 Å². The number of hydrogen-bond donors (Lipinski definition) is 2. The molecule has 6 heteroatoms. The highest BCUT2D eigenvalue weighted by atomic mass is 79.9. The largest absolute Gasteiger partial charge is 0.483 e. The monoisotopic (exact) mass is 344 g/mol. The smallest absolute Gasteiger partial charge is 0.257 e. The van der Waals surface area contributed by atoms with Crippen LogP contribution >= 0.6 is 28.1 Å². The number of hydrogen-bond acceptors (Lipinski definition) is 3. The van der Waals surface area contributed by atoms with Gasteiger partial charge >= 0.3 is 0 Å². The van der Waals surface area contributed by atoms with Gasteiger partial charge in [0.05, 0.1) is 5.56 Å². The average Bonchev–Trinajstić information content (AvgIpc) is 2.37. The average molecular weight is 345 g/mol. The maximum atomic E-state index is 11.5. The molecule has 0 bridgehead atoms. The van der Waals surface area contributed by atoms with Crippen molar-refractivity contribution in [1.82, 2.24) is 5.32 Å². The predicted molar refractivity (Wildman–Crippen MR) is 83.4 cm³/mol. The van der Waals surface area contributed by atoms with Crippen molar-refractivity contribution >= 4 is 39.0 Å². The summed E-state index contributed by atoms with van der Waals surface area (Å²) < 4.78 is 6.30. The summed E-state index contributed by atoms with van der Waals surface area (Å²) in [4.78, 5) is 11.8. The van der Waals surface area contributed by atoms with Gasteiger partial charge in [0.1, 0.15) is 10.7 Å². The molecular formula is C13H17BrN2O2S. The lowest BCUT2D eigenvalue weighted by molar-refractivity contribution is -0.123. The van der Waals surface area contributed by atoms with E-state index in [1.807, 2.05) is 6.07 Å². The van der Waals surface area contributed by atoms with Crippen LogP contribution < -0.4 is 15.8 Å². The van der Waals surface area contributed by atoms with Crippen molar-refractivity contribution in [3.63, 3.8) is 0 Å². The molecule has 0 heterocycles. The third-order valence-electron chi connectivity index (χ3n) is 2.42. The molecular weight excluding hydrogens is 328 g/mol. The fraction of sp³-hybridized carbons (Fsp3) is 0.385. The van der Waals surface area contributed by atoms with Crippen LogP contribution in [0.3, 0.4) is 0 Å². The molecule has 1 amide bonds. The maximum Gasteiger partial charge on any atom is 0.257 e. The number of halogens is 1. The second-order valence-corrected chi connectivity index (χ2v) is 5.35. The van der Waals surface area contributed by atoms with Gasteiger partial charge in [-0.15, -0.1) is 0 Å². The van der Waals surface area contributed by atoms with Crippen LogP contribution in [0, 0.1) is 0 Å². The first-order valence-corrected chi connectivity index (χ1v) is 7.23. The Morgan fingerprint density at radius 1 is 1.53 bits per heavy atom. The van der Waals surface area contributed by atoms with Crippen LogP contribution in [0.15, 0.2) is 22.7 Å². The van der Waals surface area contributed by atoms with E-state index in [1.165, 1.54) is 0 Å². The highest BCUT2D eigenvalue weighted by Crippen LogP contribution is 2.23. The molecule has 0 aliphatic heterocycles. The Balaban J connectivity index is 2.57. The van der Waals surface area contributed by atoms with Crippen LogP contribution in [0.1, 0.15) is 25.3 Å². The van der Waals surface area contributed by atoms with Gasteiger partial charge in [-0.1, -0.05) is 41.5 Å². The Morgan fingerprint density at radius 3 is 2.89 bits per heavy atom. The van der Waals surface area contributed by atoms with Gasteiger partial charge in [-0.25, -0.2) is 0 Å². The SMILES string of the molecule is CCCCNC(=O)COc1ccc(Br)cc1C(N)=S. The highest BCUT2D eigenvalue weighted by molar-refractivity contribution is 9.10. The number of benzene rings is 1. The van der Waals surface area contributed by atoms with Crippen molar-refractivity contribution < 1.29 is 9.53 Å². The number of ether oxygens (including phenoxy) is 1. The molecule has 0 saturated carbocycles. The molecule has 0 aromatic heterocycles. The summed E-state index contributed by atoms with van der Waals surface area (Å²) in [5, 5.41) is 2.78. The molecule has 0 aliphatic rings. The normalized spacial score (nSPS) is 10.0. The second-order valence-electron chi connectivity index (χ2n) is 4.00. The van der Waals surface area contributed by atoms with E-state index in [2.05, 4.69) is 28.2 Å². The molecule has 0 fully saturated rings. The Labute approximate surface area is 126 Å². The minimum absolute atomic E-state index is 0.0407. The maximum absolute atomic E-state index is 11.5. The molecule has 19 heavy (non-hydrogen) atoms. The van der Waals surface area contributed by atoms with Crippen LogP contribution in [-0.4, -0.2) is 24.0 Å². The third kappa shape index (κ3) is 5.57. The number of nitrogens with one attached hydrogen (secondary N) is 1. The molecule has 0 spiro atoms. The summed E-state index contributed by atoms with van der Waals surface area (Å²) in [7, 11) is 0. The minimum Gasteiger partial charge on any atom is -0.483 e. The zero-order valence-corrected chi connectivity index (χ0v) is 13.1. The summed E-state index contributed by atoms with van der Waals surface area (Å²) in [5.74, 6) is 0.367. The second kappa shape index (κ2) is 8.12. The zero-order valence-electron chi connectivity index (χ0n) is 10.7. The first kappa shape index (κ1) is 15.9. The van der Waals surface area contributed by atoms with E-state index in [-0.39, 0.29) is 17.5 Å². The van der Waals surface area contributed by atoms with Crippen molar-refractivity contribution in [3.05, 3.63) is 28.2 Å². The first-order chi connectivity index (χ1) is 9.04. The summed E-state index contributed by atoms with van der Waals surface area (Å²) in [6.07, 6.45) is 2.00. The highest BCUT2D eigenvalue weighted by Gasteiger charge is 2.09. The van der Waals surface area contributed by atoms with Gasteiger partial charge in [-0.05, 0) is 24.6 Å². The zero-order chi connectivity index (χ0) is 14.3. The van der Waals surface area contributed by atoms with E-state index in [0.717, 1.165) is 17.3 Å². The fourth-order valence-corrected chi connectivity index (χ4v) is 1.94. The van der Waals surface area contributed by atoms with Crippen LogP contribution in [-0.2, 0) is 4.79 Å². The van der Waals surface area contributed by atoms with Crippen LogP contribution in [0.25, 0.3) is 0 Å². The Hall–Kier alpha value is -1.14. The lowest BCUT2D eigenvalue weighted by Crippen LogP contribution is -2.30. The standard InChI is InChI=1S/C13H17BrN2O2S/c1-2-3-6-16-12(17)8-18-11-5-4-9(14)7-10(11)13(15)19/h4-5,7H,2-3,6,8H2,1H3,(H2,15,19)(H,16,17). The van der Waals surface area contributed by atoms with Gasteiger partial charge in [0.15, 0.2) is 6.61 Å². The molecule has 0 saturated heterocycles. The molecule has 1 aromatic rings. The topological polar surface area (TPSA) is 64.3 Å². The van der Waals surface area contributed by atoms with Crippen molar-refractivity contribution in [2.24, 2.45) is 5.73 Å². The molecule has 0 unspecified atom stereocenters. The van der Waals surface area contributed by atoms with Crippen molar-refractivity contribution in [1.29, 1.82) is 0 Å². The van der Waals surface area contributed by atoms with Gasteiger partial charge in [0.2, 0.25) is 0 Å². The molecule has 1 rings (SSSR count). The van der Waals surface area contributed by atoms with Crippen LogP contribution in [0.2, 0.25) is 0 Å². The third-order valence-corrected chi connectivity index (χ3v) is 3.13. The van der Waals surface area contributed by atoms with Crippen LogP contribution in [0.5, 0.6) is 5.75 Å². The molecule has 3 N–H and O–H groups in total. The predicted octanol–water partition coefficient (Wildman–Crippen LogP) is 2.38. The van der Waals surface area contributed by atoms with Gasteiger partial charge in [0, 0.05) is 11.0 Å². The number of rotatable bonds is 7. The number of thiocarbonyl (C=S) groups is 1. The van der Waals surface area contributed by atoms with E-state index < -0.39 is 0 Å². The van der Waals surface area contributed by atoms with Gasteiger partial charge in [-0.2, -0.15) is 0 Å². The summed E-state index contributed by atoms with van der Waals surface area (Å²) in [6, 6.07) is 5.32. The Morgan fingerprint density at radius 2 is 2.26 bits per heavy atom. The van der Waals surface area contributed by atoms with Crippen molar-refractivity contribution in [2.45, 2.75) is 19.8 Å². The van der Waals surface area contributed by atoms with E-state index in [0.29, 0.717) is 17.9 Å². The fourth-order valence-electron chi connectivity index (χ4n) is 1.42. The molecule has 0 atom stereocenters. The number of carbonyl (C=O) groups excluding carboxylic acids is 1. The minimum atomic E-state index is -0.148. The van der Waals surface area contributed by atoms with E-state index in [9.17, 15) is 4.79 Å².